The van der Waals surface area contributed by atoms with Crippen molar-refractivity contribution in [2.45, 2.75) is 138 Å². The summed E-state index contributed by atoms with van der Waals surface area (Å²) >= 11 is 0. The van der Waals surface area contributed by atoms with Gasteiger partial charge in [-0.05, 0) is 6.42 Å². The second kappa shape index (κ2) is 46.8. The maximum absolute atomic E-state index is 12.6. The van der Waals surface area contributed by atoms with Crippen molar-refractivity contribution in [2.24, 2.45) is 5.41 Å². The zero-order valence-corrected chi connectivity index (χ0v) is 53.6. The molecule has 542 valence electrons. The summed E-state index contributed by atoms with van der Waals surface area (Å²) in [6.07, 6.45) is -20.6. The van der Waals surface area contributed by atoms with E-state index >= 15 is 0 Å². The molecular weight excluding hydrogens is 1290 g/mol. The molecular formula is C52H99N3O35P2. The van der Waals surface area contributed by atoms with E-state index in [1.54, 1.807) is 0 Å². The summed E-state index contributed by atoms with van der Waals surface area (Å²) in [4.78, 5) is 73.3. The first-order valence-electron chi connectivity index (χ1n) is 30.1. The van der Waals surface area contributed by atoms with Crippen LogP contribution >= 0.6 is 15.6 Å². The molecule has 15 atom stereocenters. The number of phosphoric ester groups is 2. The van der Waals surface area contributed by atoms with Gasteiger partial charge in [0, 0.05) is 44.3 Å². The summed E-state index contributed by atoms with van der Waals surface area (Å²) < 4.78 is 113. The summed E-state index contributed by atoms with van der Waals surface area (Å²) in [5, 5.41) is 99.2. The molecule has 3 saturated heterocycles. The monoisotopic (exact) mass is 1390 g/mol. The number of amides is 3. The number of aliphatic hydroxyl groups is 9. The number of carbonyl (C=O) groups is 3. The molecule has 0 bridgehead atoms. The molecule has 40 heteroatoms. The minimum Gasteiger partial charge on any atom is -0.388 e. The fourth-order valence-electron chi connectivity index (χ4n) is 8.57. The van der Waals surface area contributed by atoms with Crippen LogP contribution in [0.15, 0.2) is 0 Å². The van der Waals surface area contributed by atoms with Crippen molar-refractivity contribution in [3.8, 4) is 0 Å². The number of carbonyl (C=O) groups excluding carboxylic acids is 3. The fraction of sp³-hybridized carbons (Fsp3) is 0.942. The van der Waals surface area contributed by atoms with Gasteiger partial charge in [0.25, 0.3) is 0 Å². The van der Waals surface area contributed by atoms with Crippen molar-refractivity contribution in [1.82, 2.24) is 16.0 Å². The van der Waals surface area contributed by atoms with Crippen molar-refractivity contribution in [3.63, 3.8) is 0 Å². The number of rotatable bonds is 53. The fourth-order valence-corrected chi connectivity index (χ4v) is 9.25. The Balaban J connectivity index is 1.29. The largest absolute Gasteiger partial charge is 0.469 e. The van der Waals surface area contributed by atoms with E-state index in [1.165, 1.54) is 0 Å². The predicted molar refractivity (Wildman–Crippen MR) is 307 cm³/mol. The average molecular weight is 1390 g/mol. The SMILES string of the molecule is CCCC1OC(OCCOCCOCCNC(=O)CCOCC(C)(COCCC(=O)NCCOCCOCCOC2OC(COP(=O)(O)O)C(O)C(O)C2O)COCCC(=O)NCCOCCOCCOC2OC(COP(=O)(O)O)C(O)C(O)C2O)C(O)C(O)C1O. The van der Waals surface area contributed by atoms with E-state index < -0.39 is 126 Å². The Labute approximate surface area is 532 Å². The number of aliphatic hydroxyl groups excluding tert-OH is 9. The van der Waals surface area contributed by atoms with Crippen molar-refractivity contribution < 1.29 is 169 Å². The van der Waals surface area contributed by atoms with E-state index in [0.717, 1.165) is 0 Å². The van der Waals surface area contributed by atoms with Gasteiger partial charge in [-0.15, -0.1) is 0 Å². The second-order valence-corrected chi connectivity index (χ2v) is 23.9. The molecule has 15 unspecified atom stereocenters. The molecule has 16 N–H and O–H groups in total. The van der Waals surface area contributed by atoms with Crippen molar-refractivity contribution in [3.05, 3.63) is 0 Å². The minimum atomic E-state index is -4.90. The lowest BCUT2D eigenvalue weighted by Gasteiger charge is -2.40. The van der Waals surface area contributed by atoms with Crippen LogP contribution in [0.4, 0.5) is 0 Å². The molecule has 0 aromatic heterocycles. The number of hydrogen-bond acceptors (Lipinski definition) is 31. The maximum Gasteiger partial charge on any atom is 0.469 e. The van der Waals surface area contributed by atoms with Crippen LogP contribution in [-0.4, -0.2) is 347 Å². The Kier molecular flexibility index (Phi) is 42.7. The molecule has 3 rings (SSSR count). The number of nitrogens with one attached hydrogen (secondary N) is 3. The molecule has 38 nitrogen and oxygen atoms in total. The van der Waals surface area contributed by atoms with E-state index in [-0.39, 0.29) is 195 Å². The van der Waals surface area contributed by atoms with Crippen LogP contribution in [-0.2, 0) is 104 Å². The molecule has 0 aromatic rings. The Morgan fingerprint density at radius 1 is 0.380 bits per heavy atom. The van der Waals surface area contributed by atoms with Gasteiger partial charge in [-0.25, -0.2) is 9.13 Å². The van der Waals surface area contributed by atoms with Gasteiger partial charge >= 0.3 is 15.6 Å². The molecule has 3 fully saturated rings. The van der Waals surface area contributed by atoms with Crippen LogP contribution in [0.2, 0.25) is 0 Å². The predicted octanol–water partition coefficient (Wildman–Crippen LogP) is -6.85. The third kappa shape index (κ3) is 35.8. The van der Waals surface area contributed by atoms with E-state index in [2.05, 4.69) is 25.0 Å². The first-order valence-corrected chi connectivity index (χ1v) is 33.2. The number of ether oxygens (including phenoxy) is 15. The highest BCUT2D eigenvalue weighted by molar-refractivity contribution is 7.46. The first-order chi connectivity index (χ1) is 43.8. The van der Waals surface area contributed by atoms with Gasteiger partial charge in [0.15, 0.2) is 18.9 Å². The van der Waals surface area contributed by atoms with Crippen molar-refractivity contribution in [1.29, 1.82) is 0 Å². The lowest BCUT2D eigenvalue weighted by atomic mass is 9.94. The van der Waals surface area contributed by atoms with Gasteiger partial charge in [0.1, 0.15) is 67.1 Å². The highest BCUT2D eigenvalue weighted by Crippen LogP contribution is 2.38. The zero-order chi connectivity index (χ0) is 68.0. The normalized spacial score (nSPS) is 27.8. The zero-order valence-electron chi connectivity index (χ0n) is 51.8. The van der Waals surface area contributed by atoms with Crippen LogP contribution in [0.1, 0.15) is 46.0 Å². The van der Waals surface area contributed by atoms with E-state index in [1.807, 2.05) is 13.8 Å². The van der Waals surface area contributed by atoms with Crippen LogP contribution < -0.4 is 16.0 Å². The quantitative estimate of drug-likeness (QED) is 0.0199. The maximum atomic E-state index is 12.6. The van der Waals surface area contributed by atoms with Crippen molar-refractivity contribution in [2.75, 3.05) is 172 Å². The molecule has 0 saturated carbocycles. The van der Waals surface area contributed by atoms with Gasteiger partial charge < -0.3 is 153 Å². The highest BCUT2D eigenvalue weighted by atomic mass is 31.2. The van der Waals surface area contributed by atoms with Crippen LogP contribution in [0.3, 0.4) is 0 Å². The van der Waals surface area contributed by atoms with Crippen LogP contribution in [0.25, 0.3) is 0 Å². The standard InChI is InChI=1S/C52H99N3O35P2/c1-3-4-34-40(59)43(62)46(65)49(88-34)83-26-23-77-20-17-74-14-8-53-37(56)5-11-80-31-52(2,32-81-12-6-38(57)54-9-15-75-18-21-78-24-27-84-50-47(66)44(63)41(60)35(89-50)29-86-91(68,69)70)33-82-13-7-39(58)55-10-16-76-19-22-79-25-28-85-51-48(67)45(64)42(61)36(90-51)30-87-92(71,72)73/h34-36,40-51,59-67H,3-33H2,1-2H3,(H,53,56)(H,54,57)(H,55,58)(H2,68,69,70)(H2,71,72,73). The topological polar surface area (TPSA) is 541 Å². The highest BCUT2D eigenvalue weighted by Gasteiger charge is 2.47. The molecule has 0 spiro atoms. The van der Waals surface area contributed by atoms with E-state index in [9.17, 15) is 69.5 Å². The average Bonchev–Trinajstić information content (AvgIpc) is 0.889. The minimum absolute atomic E-state index is 0.0000620. The Bertz CT molecular complexity index is 1980. The molecule has 92 heavy (non-hydrogen) atoms. The van der Waals surface area contributed by atoms with Crippen LogP contribution in [0.5, 0.6) is 0 Å². The molecule has 3 aliphatic heterocycles. The third-order valence-corrected chi connectivity index (χ3v) is 14.5. The Morgan fingerprint density at radius 3 is 0.946 bits per heavy atom. The van der Waals surface area contributed by atoms with E-state index in [4.69, 9.17) is 90.6 Å². The molecule has 0 radical (unpaired) electrons. The molecule has 0 aromatic carbocycles. The Hall–Kier alpha value is -2.33. The summed E-state index contributed by atoms with van der Waals surface area (Å²) in [5.74, 6) is -0.931. The first kappa shape index (κ1) is 83.9. The summed E-state index contributed by atoms with van der Waals surface area (Å²) in [6, 6.07) is 0. The number of hydrogen-bond donors (Lipinski definition) is 16. The summed E-state index contributed by atoms with van der Waals surface area (Å²) in [7, 11) is -9.80. The lowest BCUT2D eigenvalue weighted by Crippen LogP contribution is -2.59. The van der Waals surface area contributed by atoms with Crippen LogP contribution in [0, 0.1) is 5.41 Å². The van der Waals surface area contributed by atoms with Gasteiger partial charge in [-0.1, -0.05) is 20.3 Å². The lowest BCUT2D eigenvalue weighted by molar-refractivity contribution is -0.301. The smallest absolute Gasteiger partial charge is 0.388 e. The second-order valence-electron chi connectivity index (χ2n) is 21.5. The summed E-state index contributed by atoms with van der Waals surface area (Å²) in [6.45, 7) is 4.44. The van der Waals surface area contributed by atoms with Gasteiger partial charge in [-0.2, -0.15) is 0 Å². The molecule has 3 heterocycles. The van der Waals surface area contributed by atoms with Gasteiger partial charge in [-0.3, -0.25) is 23.4 Å². The van der Waals surface area contributed by atoms with Gasteiger partial charge in [0.05, 0.1) is 158 Å². The molecule has 3 aliphatic rings. The van der Waals surface area contributed by atoms with E-state index in [0.29, 0.717) is 12.8 Å². The molecule has 0 aliphatic carbocycles. The Morgan fingerprint density at radius 2 is 0.652 bits per heavy atom. The number of phosphoric acid groups is 2. The summed E-state index contributed by atoms with van der Waals surface area (Å²) in [5.41, 5.74) is -0.790. The molecule has 3 amide bonds. The third-order valence-electron chi connectivity index (χ3n) is 13.5. The van der Waals surface area contributed by atoms with Crippen molar-refractivity contribution >= 4 is 33.4 Å². The van der Waals surface area contributed by atoms with Gasteiger partial charge in [0.2, 0.25) is 17.7 Å².